The Labute approximate surface area is 103 Å². The first-order chi connectivity index (χ1) is 7.68. The molecule has 86 valence electrons. The van der Waals surface area contributed by atoms with Crippen molar-refractivity contribution in [2.24, 2.45) is 5.92 Å². The summed E-state index contributed by atoms with van der Waals surface area (Å²) >= 11 is 3.39. The van der Waals surface area contributed by atoms with Crippen molar-refractivity contribution in [1.29, 1.82) is 0 Å². The summed E-state index contributed by atoms with van der Waals surface area (Å²) in [5, 5.41) is 0. The average molecular weight is 284 g/mol. The van der Waals surface area contributed by atoms with E-state index in [1.165, 1.54) is 0 Å². The molecule has 0 bridgehead atoms. The molecule has 0 aliphatic carbocycles. The van der Waals surface area contributed by atoms with Crippen LogP contribution < -0.4 is 5.73 Å². The van der Waals surface area contributed by atoms with Crippen molar-refractivity contribution in [3.05, 3.63) is 28.2 Å². The Kier molecular flexibility index (Phi) is 3.61. The predicted octanol–water partition coefficient (Wildman–Crippen LogP) is 2.64. The van der Waals surface area contributed by atoms with E-state index < -0.39 is 0 Å². The van der Waals surface area contributed by atoms with Gasteiger partial charge in [-0.2, -0.15) is 0 Å². The van der Waals surface area contributed by atoms with E-state index in [-0.39, 0.29) is 11.7 Å². The zero-order chi connectivity index (χ0) is 11.5. The van der Waals surface area contributed by atoms with E-state index in [1.807, 2.05) is 6.07 Å². The van der Waals surface area contributed by atoms with Gasteiger partial charge in [0, 0.05) is 34.9 Å². The van der Waals surface area contributed by atoms with Crippen molar-refractivity contribution in [2.75, 3.05) is 18.9 Å². The maximum Gasteiger partial charge on any atom is 0.167 e. The van der Waals surface area contributed by atoms with Crippen molar-refractivity contribution in [2.45, 2.75) is 12.8 Å². The quantitative estimate of drug-likeness (QED) is 0.671. The van der Waals surface area contributed by atoms with Crippen molar-refractivity contribution < 1.29 is 9.53 Å². The lowest BCUT2D eigenvalue weighted by Gasteiger charge is -2.21. The molecule has 1 heterocycles. The number of halogens is 1. The minimum absolute atomic E-state index is 0.0758. The number of hydrogen-bond acceptors (Lipinski definition) is 3. The zero-order valence-electron chi connectivity index (χ0n) is 8.91. The number of ketones is 1. The van der Waals surface area contributed by atoms with Gasteiger partial charge in [-0.25, -0.2) is 0 Å². The third kappa shape index (κ3) is 2.44. The van der Waals surface area contributed by atoms with E-state index in [2.05, 4.69) is 15.9 Å². The highest BCUT2D eigenvalue weighted by atomic mass is 79.9. The van der Waals surface area contributed by atoms with Gasteiger partial charge in [-0.1, -0.05) is 15.9 Å². The number of carbonyl (C=O) groups is 1. The van der Waals surface area contributed by atoms with Gasteiger partial charge in [-0.3, -0.25) is 4.79 Å². The number of rotatable bonds is 2. The van der Waals surface area contributed by atoms with Crippen molar-refractivity contribution in [3.63, 3.8) is 0 Å². The molecule has 0 aromatic heterocycles. The molecule has 0 atom stereocenters. The van der Waals surface area contributed by atoms with Crippen LogP contribution in [0.3, 0.4) is 0 Å². The van der Waals surface area contributed by atoms with E-state index >= 15 is 0 Å². The number of nitrogens with two attached hydrogens (primary N) is 1. The van der Waals surface area contributed by atoms with E-state index in [1.54, 1.807) is 12.1 Å². The summed E-state index contributed by atoms with van der Waals surface area (Å²) in [4.78, 5) is 12.2. The van der Waals surface area contributed by atoms with Crippen molar-refractivity contribution >= 4 is 27.4 Å². The van der Waals surface area contributed by atoms with Crippen molar-refractivity contribution in [1.82, 2.24) is 0 Å². The predicted molar refractivity (Wildman–Crippen MR) is 66.4 cm³/mol. The van der Waals surface area contributed by atoms with Crippen LogP contribution in [0, 0.1) is 5.92 Å². The lowest BCUT2D eigenvalue weighted by atomic mass is 9.91. The maximum atomic E-state index is 12.2. The molecule has 3 nitrogen and oxygen atoms in total. The third-order valence-corrected chi connectivity index (χ3v) is 3.54. The van der Waals surface area contributed by atoms with Crippen LogP contribution in [0.25, 0.3) is 0 Å². The molecular formula is C12H14BrNO2. The molecule has 0 unspecified atom stereocenters. The molecule has 16 heavy (non-hydrogen) atoms. The fourth-order valence-corrected chi connectivity index (χ4v) is 2.35. The molecular weight excluding hydrogens is 270 g/mol. The molecule has 2 rings (SSSR count). The summed E-state index contributed by atoms with van der Waals surface area (Å²) in [6, 6.07) is 5.34. The van der Waals surface area contributed by atoms with Gasteiger partial charge in [0.25, 0.3) is 0 Å². The highest BCUT2D eigenvalue weighted by Gasteiger charge is 2.24. The van der Waals surface area contributed by atoms with Crippen LogP contribution in [0.15, 0.2) is 22.7 Å². The van der Waals surface area contributed by atoms with Crippen LogP contribution >= 0.6 is 15.9 Å². The molecule has 1 aromatic rings. The molecule has 1 fully saturated rings. The van der Waals surface area contributed by atoms with Gasteiger partial charge in [-0.05, 0) is 31.0 Å². The number of carbonyl (C=O) groups excluding carboxylic acids is 1. The highest BCUT2D eigenvalue weighted by Crippen LogP contribution is 2.26. The molecule has 1 saturated heterocycles. The highest BCUT2D eigenvalue weighted by molar-refractivity contribution is 9.10. The minimum atomic E-state index is 0.0758. The molecule has 0 spiro atoms. The number of nitrogen functional groups attached to an aromatic ring is 1. The largest absolute Gasteiger partial charge is 0.399 e. The van der Waals surface area contributed by atoms with Crippen LogP contribution in [-0.2, 0) is 4.74 Å². The lowest BCUT2D eigenvalue weighted by molar-refractivity contribution is 0.0544. The first-order valence-corrected chi connectivity index (χ1v) is 6.15. The van der Waals surface area contributed by atoms with E-state index in [9.17, 15) is 4.79 Å². The number of benzene rings is 1. The lowest BCUT2D eigenvalue weighted by Crippen LogP contribution is -2.23. The van der Waals surface area contributed by atoms with Crippen LogP contribution in [-0.4, -0.2) is 19.0 Å². The third-order valence-electron chi connectivity index (χ3n) is 2.85. The molecule has 4 heteroatoms. The zero-order valence-corrected chi connectivity index (χ0v) is 10.5. The second-order valence-electron chi connectivity index (χ2n) is 3.99. The standard InChI is InChI=1S/C12H14BrNO2/c13-11-2-1-9(14)7-10(11)12(15)8-3-5-16-6-4-8/h1-2,7-8H,3-6,14H2. The van der Waals surface area contributed by atoms with Crippen LogP contribution in [0.5, 0.6) is 0 Å². The van der Waals surface area contributed by atoms with E-state index in [0.717, 1.165) is 17.3 Å². The first kappa shape index (κ1) is 11.6. The Balaban J connectivity index is 2.22. The van der Waals surface area contributed by atoms with E-state index in [0.29, 0.717) is 24.5 Å². The average Bonchev–Trinajstić information content (AvgIpc) is 2.32. The summed E-state index contributed by atoms with van der Waals surface area (Å²) in [6.45, 7) is 1.35. The SMILES string of the molecule is Nc1ccc(Br)c(C(=O)C2CCOCC2)c1. The summed E-state index contributed by atoms with van der Waals surface area (Å²) in [5.41, 5.74) is 7.01. The first-order valence-electron chi connectivity index (χ1n) is 5.35. The van der Waals surface area contributed by atoms with Crippen LogP contribution in [0.2, 0.25) is 0 Å². The van der Waals surface area contributed by atoms with E-state index in [4.69, 9.17) is 10.5 Å². The fourth-order valence-electron chi connectivity index (χ4n) is 1.91. The second-order valence-corrected chi connectivity index (χ2v) is 4.84. The van der Waals surface area contributed by atoms with Gasteiger partial charge in [0.2, 0.25) is 0 Å². The molecule has 1 aliphatic heterocycles. The van der Waals surface area contributed by atoms with Gasteiger partial charge in [0.15, 0.2) is 5.78 Å². The number of anilines is 1. The van der Waals surface area contributed by atoms with Gasteiger partial charge in [0.05, 0.1) is 0 Å². The Bertz CT molecular complexity index is 400. The Morgan fingerprint density at radius 3 is 2.75 bits per heavy atom. The fraction of sp³-hybridized carbons (Fsp3) is 0.417. The molecule has 1 aromatic carbocycles. The normalized spacial score (nSPS) is 17.3. The number of Topliss-reactive ketones (excluding diaryl/α,β-unsaturated/α-hetero) is 1. The van der Waals surface area contributed by atoms with Gasteiger partial charge in [-0.15, -0.1) is 0 Å². The van der Waals surface area contributed by atoms with Gasteiger partial charge in [0.1, 0.15) is 0 Å². The Morgan fingerprint density at radius 1 is 1.38 bits per heavy atom. The maximum absolute atomic E-state index is 12.2. The number of ether oxygens (including phenoxy) is 1. The summed E-state index contributed by atoms with van der Waals surface area (Å²) in [6.07, 6.45) is 1.61. The number of hydrogen-bond donors (Lipinski definition) is 1. The summed E-state index contributed by atoms with van der Waals surface area (Å²) in [7, 11) is 0. The second kappa shape index (κ2) is 4.97. The molecule has 2 N–H and O–H groups in total. The molecule has 1 aliphatic rings. The molecule has 0 amide bonds. The summed E-state index contributed by atoms with van der Waals surface area (Å²) in [5.74, 6) is 0.245. The molecule has 0 saturated carbocycles. The van der Waals surface area contributed by atoms with Crippen LogP contribution in [0.1, 0.15) is 23.2 Å². The summed E-state index contributed by atoms with van der Waals surface area (Å²) < 4.78 is 6.07. The monoisotopic (exact) mass is 283 g/mol. The van der Waals surface area contributed by atoms with Crippen LogP contribution in [0.4, 0.5) is 5.69 Å². The molecule has 0 radical (unpaired) electrons. The van der Waals surface area contributed by atoms with Gasteiger partial charge >= 0.3 is 0 Å². The topological polar surface area (TPSA) is 52.3 Å². The smallest absolute Gasteiger partial charge is 0.167 e. The Morgan fingerprint density at radius 2 is 2.06 bits per heavy atom. The minimum Gasteiger partial charge on any atom is -0.399 e. The van der Waals surface area contributed by atoms with Crippen molar-refractivity contribution in [3.8, 4) is 0 Å². The van der Waals surface area contributed by atoms with Gasteiger partial charge < -0.3 is 10.5 Å². The Hall–Kier alpha value is -0.870.